The Labute approximate surface area is 279 Å². The van der Waals surface area contributed by atoms with Crippen molar-refractivity contribution in [2.24, 2.45) is 4.99 Å². The van der Waals surface area contributed by atoms with Gasteiger partial charge in [-0.15, -0.1) is 0 Å². The van der Waals surface area contributed by atoms with Crippen LogP contribution in [0.2, 0.25) is 0 Å². The molecule has 48 heavy (non-hydrogen) atoms. The SMILES string of the molecule is CN(CCN1C(=O)c2cccc3cccc(c23)C1=O)C1CCC(N(C)CCN2C(=O)c3cccc4c(N5C=NCC5)ccc(c34)C2=O)C1. The molecule has 0 saturated heterocycles. The Morgan fingerprint density at radius 2 is 1.19 bits per heavy atom. The van der Waals surface area contributed by atoms with Gasteiger partial charge < -0.3 is 14.7 Å². The van der Waals surface area contributed by atoms with Crippen LogP contribution in [0.1, 0.15) is 60.7 Å². The molecule has 3 aliphatic heterocycles. The Balaban J connectivity index is 0.886. The molecule has 0 spiro atoms. The minimum atomic E-state index is -0.247. The molecule has 1 aliphatic carbocycles. The van der Waals surface area contributed by atoms with E-state index in [1.165, 1.54) is 9.80 Å². The van der Waals surface area contributed by atoms with Crippen LogP contribution >= 0.6 is 0 Å². The number of hydrogen-bond acceptors (Lipinski definition) is 8. The van der Waals surface area contributed by atoms with E-state index < -0.39 is 0 Å². The molecule has 244 valence electrons. The van der Waals surface area contributed by atoms with Crippen LogP contribution in [0.4, 0.5) is 5.69 Å². The highest BCUT2D eigenvalue weighted by Crippen LogP contribution is 2.36. The topological polar surface area (TPSA) is 96.8 Å². The molecule has 0 aromatic heterocycles. The lowest BCUT2D eigenvalue weighted by atomic mass is 9.92. The van der Waals surface area contributed by atoms with Crippen molar-refractivity contribution in [2.75, 3.05) is 58.3 Å². The number of carbonyl (C=O) groups is 4. The van der Waals surface area contributed by atoms with Crippen LogP contribution in [0.5, 0.6) is 0 Å². The van der Waals surface area contributed by atoms with Crippen molar-refractivity contribution >= 4 is 57.2 Å². The second kappa shape index (κ2) is 11.9. The number of hydrogen-bond donors (Lipinski definition) is 0. The summed E-state index contributed by atoms with van der Waals surface area (Å²) < 4.78 is 0. The molecule has 4 aliphatic rings. The second-order valence-corrected chi connectivity index (χ2v) is 13.4. The van der Waals surface area contributed by atoms with E-state index in [1.807, 2.05) is 60.9 Å². The molecule has 0 N–H and O–H groups in total. The largest absolute Gasteiger partial charge is 0.330 e. The fourth-order valence-corrected chi connectivity index (χ4v) is 8.05. The fourth-order valence-electron chi connectivity index (χ4n) is 8.05. The number of anilines is 1. The maximum absolute atomic E-state index is 13.7. The van der Waals surface area contributed by atoms with Gasteiger partial charge in [0.1, 0.15) is 0 Å². The first-order valence-corrected chi connectivity index (χ1v) is 16.8. The molecule has 2 unspecified atom stereocenters. The summed E-state index contributed by atoms with van der Waals surface area (Å²) in [5.41, 5.74) is 3.26. The van der Waals surface area contributed by atoms with Gasteiger partial charge in [0.2, 0.25) is 0 Å². The summed E-state index contributed by atoms with van der Waals surface area (Å²) in [7, 11) is 4.12. The monoisotopic (exact) mass is 642 g/mol. The van der Waals surface area contributed by atoms with Gasteiger partial charge in [-0.1, -0.05) is 36.4 Å². The van der Waals surface area contributed by atoms with Crippen LogP contribution in [-0.2, 0) is 0 Å². The number of rotatable bonds is 9. The van der Waals surface area contributed by atoms with Crippen molar-refractivity contribution in [3.8, 4) is 0 Å². The quantitative estimate of drug-likeness (QED) is 0.248. The van der Waals surface area contributed by atoms with E-state index in [1.54, 1.807) is 12.1 Å². The predicted molar refractivity (Wildman–Crippen MR) is 186 cm³/mol. The van der Waals surface area contributed by atoms with E-state index >= 15 is 0 Å². The normalized spacial score (nSPS) is 20.5. The zero-order valence-corrected chi connectivity index (χ0v) is 27.3. The van der Waals surface area contributed by atoms with Crippen LogP contribution in [0.3, 0.4) is 0 Å². The van der Waals surface area contributed by atoms with E-state index in [-0.39, 0.29) is 23.6 Å². The van der Waals surface area contributed by atoms with Gasteiger partial charge in [0, 0.05) is 88.9 Å². The zero-order chi connectivity index (χ0) is 33.1. The molecule has 0 bridgehead atoms. The molecule has 8 rings (SSSR count). The first-order valence-electron chi connectivity index (χ1n) is 16.8. The van der Waals surface area contributed by atoms with Crippen LogP contribution in [0.15, 0.2) is 71.7 Å². The van der Waals surface area contributed by atoms with Gasteiger partial charge >= 0.3 is 0 Å². The Morgan fingerprint density at radius 3 is 1.73 bits per heavy atom. The van der Waals surface area contributed by atoms with Gasteiger partial charge in [0.05, 0.1) is 12.9 Å². The molecule has 10 heteroatoms. The number of benzene rings is 4. The molecule has 4 aromatic rings. The molecule has 10 nitrogen and oxygen atoms in total. The van der Waals surface area contributed by atoms with Gasteiger partial charge in [-0.2, -0.15) is 0 Å². The number of carbonyl (C=O) groups excluding carboxylic acids is 4. The van der Waals surface area contributed by atoms with Crippen molar-refractivity contribution < 1.29 is 19.2 Å². The van der Waals surface area contributed by atoms with Crippen LogP contribution in [0.25, 0.3) is 21.5 Å². The number of nitrogens with zero attached hydrogens (tertiary/aromatic N) is 6. The first-order chi connectivity index (χ1) is 23.3. The third-order valence-corrected chi connectivity index (χ3v) is 10.8. The lowest BCUT2D eigenvalue weighted by Gasteiger charge is -2.32. The van der Waals surface area contributed by atoms with E-state index in [0.29, 0.717) is 60.5 Å². The van der Waals surface area contributed by atoms with Gasteiger partial charge in [-0.25, -0.2) is 0 Å². The van der Waals surface area contributed by atoms with Crippen molar-refractivity contribution in [3.05, 3.63) is 89.0 Å². The molecule has 4 amide bonds. The van der Waals surface area contributed by atoms with Gasteiger partial charge in [0.15, 0.2) is 0 Å². The van der Waals surface area contributed by atoms with E-state index in [2.05, 4.69) is 33.8 Å². The molecule has 1 fully saturated rings. The summed E-state index contributed by atoms with van der Waals surface area (Å²) in [6.07, 6.45) is 4.75. The van der Waals surface area contributed by atoms with E-state index in [4.69, 9.17) is 0 Å². The summed E-state index contributed by atoms with van der Waals surface area (Å²) in [5, 5.41) is 3.28. The molecule has 2 atom stereocenters. The molecule has 4 aromatic carbocycles. The first kappa shape index (κ1) is 30.4. The Bertz CT molecular complexity index is 1970. The highest BCUT2D eigenvalue weighted by atomic mass is 16.2. The molecular weight excluding hydrogens is 604 g/mol. The van der Waals surface area contributed by atoms with Gasteiger partial charge in [0.25, 0.3) is 23.6 Å². The smallest absolute Gasteiger partial charge is 0.261 e. The van der Waals surface area contributed by atoms with Crippen LogP contribution in [-0.4, -0.2) is 115 Å². The fraction of sp³-hybridized carbons (Fsp3) is 0.342. The zero-order valence-electron chi connectivity index (χ0n) is 27.3. The molecule has 1 saturated carbocycles. The van der Waals surface area contributed by atoms with Crippen molar-refractivity contribution in [1.29, 1.82) is 0 Å². The third-order valence-electron chi connectivity index (χ3n) is 10.8. The Hall–Kier alpha value is -4.93. The summed E-state index contributed by atoms with van der Waals surface area (Å²) in [5.74, 6) is -0.959. The maximum Gasteiger partial charge on any atom is 0.261 e. The van der Waals surface area contributed by atoms with Gasteiger partial charge in [-0.05, 0) is 69.1 Å². The lowest BCUT2D eigenvalue weighted by Crippen LogP contribution is -2.46. The van der Waals surface area contributed by atoms with Crippen LogP contribution in [0, 0.1) is 0 Å². The Morgan fingerprint density at radius 1 is 0.667 bits per heavy atom. The molecular formula is C38H38N6O4. The average Bonchev–Trinajstić information content (AvgIpc) is 3.83. The lowest BCUT2D eigenvalue weighted by molar-refractivity contribution is 0.0579. The highest BCUT2D eigenvalue weighted by molar-refractivity contribution is 6.27. The summed E-state index contributed by atoms with van der Waals surface area (Å²) in [6.45, 7) is 3.32. The minimum Gasteiger partial charge on any atom is -0.330 e. The van der Waals surface area contributed by atoms with Gasteiger partial charge in [-0.3, -0.25) is 34.0 Å². The maximum atomic E-state index is 13.7. The average molecular weight is 643 g/mol. The van der Waals surface area contributed by atoms with Crippen LogP contribution < -0.4 is 4.90 Å². The highest BCUT2D eigenvalue weighted by Gasteiger charge is 2.37. The Kier molecular flexibility index (Phi) is 7.57. The van der Waals surface area contributed by atoms with Crippen molar-refractivity contribution in [3.63, 3.8) is 0 Å². The minimum absolute atomic E-state index is 0.233. The molecule has 0 radical (unpaired) electrons. The van der Waals surface area contributed by atoms with E-state index in [0.717, 1.165) is 59.6 Å². The van der Waals surface area contributed by atoms with E-state index in [9.17, 15) is 19.2 Å². The van der Waals surface area contributed by atoms with Crippen molar-refractivity contribution in [2.45, 2.75) is 31.3 Å². The molecule has 3 heterocycles. The number of likely N-dealkylation sites (N-methyl/N-ethyl adjacent to an activating group) is 2. The summed E-state index contributed by atoms with van der Waals surface area (Å²) >= 11 is 0. The number of aliphatic imine (C=N–C) groups is 1. The number of imide groups is 2. The second-order valence-electron chi connectivity index (χ2n) is 13.4. The van der Waals surface area contributed by atoms with Crippen molar-refractivity contribution in [1.82, 2.24) is 19.6 Å². The number of amides is 4. The standard InChI is InChI=1S/C38H38N6O4/c1-40(18-20-43-35(45)28-9-3-6-24-7-4-10-29(33(24)28)36(43)46)25-12-13-26(22-25)41(2)19-21-44-37(47)30-11-5-8-27-32(42-17-16-39-23-42)15-14-31(34(27)30)38(44)48/h3-11,14-15,23,25-26H,12-13,16-22H2,1-2H3. The summed E-state index contributed by atoms with van der Waals surface area (Å²) in [6, 6.07) is 21.3. The predicted octanol–water partition coefficient (Wildman–Crippen LogP) is 4.52. The third kappa shape index (κ3) is 4.89. The summed E-state index contributed by atoms with van der Waals surface area (Å²) in [4.78, 5) is 67.8.